The van der Waals surface area contributed by atoms with E-state index < -0.39 is 30.2 Å². The van der Waals surface area contributed by atoms with Gasteiger partial charge in [-0.3, -0.25) is 0 Å². The molecule has 0 saturated heterocycles. The van der Waals surface area contributed by atoms with Crippen LogP contribution in [0.25, 0.3) is 0 Å². The third-order valence-electron chi connectivity index (χ3n) is 5.15. The van der Waals surface area contributed by atoms with Gasteiger partial charge in [-0.2, -0.15) is 8.78 Å². The highest BCUT2D eigenvalue weighted by Gasteiger charge is 2.41. The van der Waals surface area contributed by atoms with Gasteiger partial charge in [0.1, 0.15) is 11.5 Å². The predicted octanol–water partition coefficient (Wildman–Crippen LogP) is 5.42. The van der Waals surface area contributed by atoms with Crippen LogP contribution >= 0.6 is 0 Å². The minimum atomic E-state index is -3.91. The monoisotopic (exact) mass is 442 g/mol. The molecule has 0 aromatic heterocycles. The lowest BCUT2D eigenvalue weighted by Gasteiger charge is -2.24. The Kier molecular flexibility index (Phi) is 10.4. The molecule has 1 rings (SSSR count). The highest BCUT2D eigenvalue weighted by Crippen LogP contribution is 2.34. The molecule has 0 heterocycles. The average molecular weight is 442 g/mol. The van der Waals surface area contributed by atoms with Crippen molar-refractivity contribution in [2.24, 2.45) is 11.8 Å². The van der Waals surface area contributed by atoms with Gasteiger partial charge in [0.25, 0.3) is 0 Å². The van der Waals surface area contributed by atoms with Crippen LogP contribution in [-0.2, 0) is 9.59 Å². The number of alkyl halides is 2. The second-order valence-electron chi connectivity index (χ2n) is 7.98. The van der Waals surface area contributed by atoms with E-state index in [1.807, 2.05) is 13.8 Å². The molecule has 31 heavy (non-hydrogen) atoms. The van der Waals surface area contributed by atoms with Crippen molar-refractivity contribution in [2.45, 2.75) is 58.8 Å². The zero-order chi connectivity index (χ0) is 23.6. The number of benzene rings is 1. The molecule has 0 fully saturated rings. The first-order valence-corrected chi connectivity index (χ1v) is 10.3. The number of carboxylic acid groups (broad SMARTS) is 2. The molecule has 0 radical (unpaired) electrons. The maximum absolute atomic E-state index is 13.9. The van der Waals surface area contributed by atoms with E-state index in [0.29, 0.717) is 36.3 Å². The Morgan fingerprint density at radius 1 is 1.06 bits per heavy atom. The lowest BCUT2D eigenvalue weighted by Crippen LogP contribution is -2.32. The Labute approximate surface area is 181 Å². The second kappa shape index (κ2) is 12.3. The van der Waals surface area contributed by atoms with E-state index in [2.05, 4.69) is 0 Å². The van der Waals surface area contributed by atoms with E-state index in [9.17, 15) is 23.5 Å². The first-order chi connectivity index (χ1) is 14.5. The van der Waals surface area contributed by atoms with E-state index in [1.165, 1.54) is 6.92 Å². The second-order valence-corrected chi connectivity index (χ2v) is 7.98. The number of allylic oxidation sites excluding steroid dienone is 1. The smallest absolute Gasteiger partial charge is 0.374 e. The summed E-state index contributed by atoms with van der Waals surface area (Å²) >= 11 is 0. The van der Waals surface area contributed by atoms with Crippen LogP contribution in [0.3, 0.4) is 0 Å². The summed E-state index contributed by atoms with van der Waals surface area (Å²) in [5, 5.41) is 18.4. The SMILES string of the molecule is COc1ccc(OCCC/C(C(=O)O)=C(\C)C(CCC(C)C)CC(F)(F)C(=O)O)cc1. The van der Waals surface area contributed by atoms with Crippen LogP contribution in [0.5, 0.6) is 11.5 Å². The predicted molar refractivity (Wildman–Crippen MR) is 113 cm³/mol. The van der Waals surface area contributed by atoms with E-state index in [-0.39, 0.29) is 24.5 Å². The van der Waals surface area contributed by atoms with E-state index >= 15 is 0 Å². The van der Waals surface area contributed by atoms with Crippen molar-refractivity contribution in [3.8, 4) is 11.5 Å². The molecule has 0 bridgehead atoms. The van der Waals surface area contributed by atoms with Crippen molar-refractivity contribution in [2.75, 3.05) is 13.7 Å². The lowest BCUT2D eigenvalue weighted by atomic mass is 9.84. The summed E-state index contributed by atoms with van der Waals surface area (Å²) in [5.74, 6) is -6.61. The highest BCUT2D eigenvalue weighted by atomic mass is 19.3. The molecular weight excluding hydrogens is 410 g/mol. The number of hydrogen-bond donors (Lipinski definition) is 2. The number of rotatable bonds is 14. The first-order valence-electron chi connectivity index (χ1n) is 10.3. The van der Waals surface area contributed by atoms with Crippen LogP contribution in [-0.4, -0.2) is 41.8 Å². The third-order valence-corrected chi connectivity index (χ3v) is 5.15. The summed E-state index contributed by atoms with van der Waals surface area (Å²) in [4.78, 5) is 22.7. The fraction of sp³-hybridized carbons (Fsp3) is 0.565. The number of carboxylic acids is 2. The Balaban J connectivity index is 2.88. The maximum Gasteiger partial charge on any atom is 0.374 e. The molecule has 174 valence electrons. The summed E-state index contributed by atoms with van der Waals surface area (Å²) in [6.45, 7) is 5.62. The zero-order valence-electron chi connectivity index (χ0n) is 18.5. The van der Waals surface area contributed by atoms with Gasteiger partial charge in [-0.05, 0) is 62.3 Å². The van der Waals surface area contributed by atoms with Crippen LogP contribution in [0.2, 0.25) is 0 Å². The highest BCUT2D eigenvalue weighted by molar-refractivity contribution is 5.87. The van der Waals surface area contributed by atoms with Gasteiger partial charge in [-0.15, -0.1) is 0 Å². The van der Waals surface area contributed by atoms with Gasteiger partial charge in [0, 0.05) is 12.0 Å². The molecule has 1 aromatic rings. The number of aliphatic carboxylic acids is 2. The standard InChI is InChI=1S/C23H32F2O6/c1-15(2)7-8-17(14-23(24,25)22(28)29)16(3)20(21(26)27)6-5-13-31-19-11-9-18(30-4)10-12-19/h9-12,15,17H,5-8,13-14H2,1-4H3,(H,26,27)(H,28,29)/b20-16-. The topological polar surface area (TPSA) is 93.1 Å². The van der Waals surface area contributed by atoms with Crippen LogP contribution in [0.15, 0.2) is 35.4 Å². The van der Waals surface area contributed by atoms with Crippen molar-refractivity contribution >= 4 is 11.9 Å². The quantitative estimate of drug-likeness (QED) is 0.295. The normalized spacial score (nSPS) is 13.5. The zero-order valence-corrected chi connectivity index (χ0v) is 18.5. The van der Waals surface area contributed by atoms with Crippen molar-refractivity contribution in [3.63, 3.8) is 0 Å². The minimum absolute atomic E-state index is 0.0354. The van der Waals surface area contributed by atoms with Crippen LogP contribution in [0, 0.1) is 11.8 Å². The number of ether oxygens (including phenoxy) is 2. The fourth-order valence-electron chi connectivity index (χ4n) is 3.23. The molecule has 6 nitrogen and oxygen atoms in total. The number of methoxy groups -OCH3 is 1. The summed E-state index contributed by atoms with van der Waals surface area (Å²) < 4.78 is 38.5. The first kappa shape index (κ1) is 26.4. The summed E-state index contributed by atoms with van der Waals surface area (Å²) in [6.07, 6.45) is 0.474. The number of halogens is 2. The molecule has 2 N–H and O–H groups in total. The summed E-state index contributed by atoms with van der Waals surface area (Å²) in [7, 11) is 1.55. The van der Waals surface area contributed by atoms with Crippen LogP contribution in [0.1, 0.15) is 52.9 Å². The van der Waals surface area contributed by atoms with Crippen molar-refractivity contribution < 1.29 is 38.1 Å². The van der Waals surface area contributed by atoms with E-state index in [1.54, 1.807) is 31.4 Å². The molecular formula is C23H32F2O6. The van der Waals surface area contributed by atoms with Gasteiger partial charge in [0.2, 0.25) is 0 Å². The maximum atomic E-state index is 13.9. The molecule has 8 heteroatoms. The molecule has 1 unspecified atom stereocenters. The van der Waals surface area contributed by atoms with Crippen molar-refractivity contribution in [1.82, 2.24) is 0 Å². The molecule has 0 aliphatic heterocycles. The van der Waals surface area contributed by atoms with Gasteiger partial charge in [-0.1, -0.05) is 25.8 Å². The Morgan fingerprint density at radius 2 is 1.65 bits per heavy atom. The van der Waals surface area contributed by atoms with Gasteiger partial charge < -0.3 is 19.7 Å². The van der Waals surface area contributed by atoms with Gasteiger partial charge in [0.05, 0.1) is 13.7 Å². The summed E-state index contributed by atoms with van der Waals surface area (Å²) in [5.41, 5.74) is 0.340. The Morgan fingerprint density at radius 3 is 2.13 bits per heavy atom. The number of carbonyl (C=O) groups is 2. The Hall–Kier alpha value is -2.64. The van der Waals surface area contributed by atoms with E-state index in [4.69, 9.17) is 14.6 Å². The number of hydrogen-bond acceptors (Lipinski definition) is 4. The molecule has 0 aliphatic carbocycles. The molecule has 1 atom stereocenters. The molecule has 1 aromatic carbocycles. The van der Waals surface area contributed by atoms with Crippen LogP contribution in [0.4, 0.5) is 8.78 Å². The molecule has 0 aliphatic rings. The molecule has 0 amide bonds. The van der Waals surface area contributed by atoms with Crippen LogP contribution < -0.4 is 9.47 Å². The fourth-order valence-corrected chi connectivity index (χ4v) is 3.23. The van der Waals surface area contributed by atoms with E-state index in [0.717, 1.165) is 0 Å². The van der Waals surface area contributed by atoms with Crippen molar-refractivity contribution in [1.29, 1.82) is 0 Å². The minimum Gasteiger partial charge on any atom is -0.497 e. The lowest BCUT2D eigenvalue weighted by molar-refractivity contribution is -0.167. The van der Waals surface area contributed by atoms with Crippen molar-refractivity contribution in [3.05, 3.63) is 35.4 Å². The molecule has 0 saturated carbocycles. The largest absolute Gasteiger partial charge is 0.497 e. The van der Waals surface area contributed by atoms with Gasteiger partial charge >= 0.3 is 17.9 Å². The summed E-state index contributed by atoms with van der Waals surface area (Å²) in [6, 6.07) is 6.94. The Bertz CT molecular complexity index is 756. The average Bonchev–Trinajstić information content (AvgIpc) is 2.70. The molecule has 0 spiro atoms. The van der Waals surface area contributed by atoms with Gasteiger partial charge in [0.15, 0.2) is 0 Å². The van der Waals surface area contributed by atoms with Gasteiger partial charge in [-0.25, -0.2) is 9.59 Å². The third kappa shape index (κ3) is 8.94.